The number of imide groups is 1. The highest BCUT2D eigenvalue weighted by molar-refractivity contribution is 6.10. The lowest BCUT2D eigenvalue weighted by Gasteiger charge is -2.25. The summed E-state index contributed by atoms with van der Waals surface area (Å²) in [6.45, 7) is 5.66. The minimum absolute atomic E-state index is 0.402. The fraction of sp³-hybridized carbons (Fsp3) is 0.280. The van der Waals surface area contributed by atoms with Crippen molar-refractivity contribution < 1.29 is 23.9 Å². The Labute approximate surface area is 201 Å². The van der Waals surface area contributed by atoms with Gasteiger partial charge in [-0.05, 0) is 50.6 Å². The zero-order chi connectivity index (χ0) is 24.7. The number of nitrogens with zero attached hydrogens (tertiary/aromatic N) is 3. The van der Waals surface area contributed by atoms with Gasteiger partial charge < -0.3 is 20.1 Å². The molecule has 1 atom stereocenters. The first-order chi connectivity index (χ1) is 16.8. The molecule has 1 saturated heterocycles. The first-order valence-corrected chi connectivity index (χ1v) is 11.2. The van der Waals surface area contributed by atoms with Gasteiger partial charge in [-0.25, -0.2) is 9.48 Å². The number of urea groups is 1. The van der Waals surface area contributed by atoms with Crippen molar-refractivity contribution in [2.45, 2.75) is 26.3 Å². The predicted octanol–water partition coefficient (Wildman–Crippen LogP) is 2.67. The van der Waals surface area contributed by atoms with Gasteiger partial charge in [-0.3, -0.25) is 14.5 Å². The van der Waals surface area contributed by atoms with Crippen molar-refractivity contribution in [1.82, 2.24) is 20.0 Å². The maximum absolute atomic E-state index is 13.3. The van der Waals surface area contributed by atoms with E-state index in [2.05, 4.69) is 15.7 Å². The molecule has 1 aromatic heterocycles. The fourth-order valence-electron chi connectivity index (χ4n) is 4.36. The summed E-state index contributed by atoms with van der Waals surface area (Å²) < 4.78 is 12.9. The minimum Gasteiger partial charge on any atom is -0.486 e. The Kier molecular flexibility index (Phi) is 5.43. The van der Waals surface area contributed by atoms with Gasteiger partial charge in [0.2, 0.25) is 5.91 Å². The van der Waals surface area contributed by atoms with E-state index >= 15 is 0 Å². The number of fused-ring (bicyclic) bond motifs is 1. The molecule has 0 spiro atoms. The Morgan fingerprint density at radius 1 is 1.09 bits per heavy atom. The Hall–Kier alpha value is -4.34. The van der Waals surface area contributed by atoms with E-state index in [1.807, 2.05) is 37.3 Å². The van der Waals surface area contributed by atoms with E-state index in [4.69, 9.17) is 9.47 Å². The number of aromatic nitrogens is 2. The molecule has 3 heterocycles. The van der Waals surface area contributed by atoms with Crippen molar-refractivity contribution in [1.29, 1.82) is 0 Å². The van der Waals surface area contributed by atoms with Crippen LogP contribution in [0.5, 0.6) is 11.5 Å². The van der Waals surface area contributed by atoms with Crippen LogP contribution < -0.4 is 20.1 Å². The van der Waals surface area contributed by atoms with Gasteiger partial charge in [-0.1, -0.05) is 24.3 Å². The lowest BCUT2D eigenvalue weighted by molar-refractivity contribution is -0.133. The number of carbonyl (C=O) groups excluding carboxylic acids is 3. The molecule has 4 amide bonds. The van der Waals surface area contributed by atoms with E-state index in [1.165, 1.54) is 0 Å². The van der Waals surface area contributed by atoms with Crippen LogP contribution in [0.1, 0.15) is 23.9 Å². The Balaban J connectivity index is 1.33. The molecular weight excluding hydrogens is 450 g/mol. The lowest BCUT2D eigenvalue weighted by atomic mass is 9.91. The van der Waals surface area contributed by atoms with E-state index in [-0.39, 0.29) is 0 Å². The van der Waals surface area contributed by atoms with Gasteiger partial charge in [-0.15, -0.1) is 0 Å². The zero-order valence-corrected chi connectivity index (χ0v) is 19.6. The summed E-state index contributed by atoms with van der Waals surface area (Å²) in [5.74, 6) is 0.0643. The topological polar surface area (TPSA) is 115 Å². The first-order valence-electron chi connectivity index (χ1n) is 11.2. The lowest BCUT2D eigenvalue weighted by Crippen LogP contribution is -2.42. The molecule has 0 saturated carbocycles. The molecule has 35 heavy (non-hydrogen) atoms. The van der Waals surface area contributed by atoms with E-state index < -0.39 is 29.9 Å². The smallest absolute Gasteiger partial charge is 0.325 e. The van der Waals surface area contributed by atoms with E-state index in [0.29, 0.717) is 41.7 Å². The highest BCUT2D eigenvalue weighted by Gasteiger charge is 2.50. The molecule has 0 bridgehead atoms. The summed E-state index contributed by atoms with van der Waals surface area (Å²) >= 11 is 0. The molecule has 1 fully saturated rings. The van der Waals surface area contributed by atoms with Crippen molar-refractivity contribution in [2.24, 2.45) is 0 Å². The second-order valence-electron chi connectivity index (χ2n) is 8.65. The summed E-state index contributed by atoms with van der Waals surface area (Å²) in [6.07, 6.45) is 0. The van der Waals surface area contributed by atoms with E-state index in [9.17, 15) is 14.4 Å². The maximum Gasteiger partial charge on any atom is 0.325 e. The van der Waals surface area contributed by atoms with Crippen molar-refractivity contribution in [2.75, 3.05) is 25.1 Å². The number of ether oxygens (including phenoxy) is 2. The third-order valence-electron chi connectivity index (χ3n) is 6.25. The third kappa shape index (κ3) is 3.86. The summed E-state index contributed by atoms with van der Waals surface area (Å²) in [6, 6.07) is 14.0. The van der Waals surface area contributed by atoms with Crippen LogP contribution in [0.3, 0.4) is 0 Å². The van der Waals surface area contributed by atoms with Crippen LogP contribution in [-0.2, 0) is 15.1 Å². The molecular formula is C25H25N5O5. The number of para-hydroxylation sites is 1. The summed E-state index contributed by atoms with van der Waals surface area (Å²) in [4.78, 5) is 39.8. The molecule has 5 rings (SSSR count). The number of aryl methyl sites for hydroxylation is 1. The zero-order valence-electron chi connectivity index (χ0n) is 19.6. The third-order valence-corrected chi connectivity index (χ3v) is 6.25. The molecule has 3 aromatic rings. The van der Waals surface area contributed by atoms with Crippen molar-refractivity contribution in [3.05, 3.63) is 65.5 Å². The molecule has 0 unspecified atom stereocenters. The van der Waals surface area contributed by atoms with Gasteiger partial charge in [-0.2, -0.15) is 5.10 Å². The minimum atomic E-state index is -1.34. The largest absolute Gasteiger partial charge is 0.486 e. The van der Waals surface area contributed by atoms with Crippen LogP contribution in [-0.4, -0.2) is 52.3 Å². The predicted molar refractivity (Wildman–Crippen MR) is 127 cm³/mol. The van der Waals surface area contributed by atoms with Crippen LogP contribution in [0, 0.1) is 13.8 Å². The molecule has 180 valence electrons. The summed E-state index contributed by atoms with van der Waals surface area (Å²) in [5.41, 5.74) is 1.97. The highest BCUT2D eigenvalue weighted by atomic mass is 16.6. The molecule has 2 aliphatic heterocycles. The molecule has 0 radical (unpaired) electrons. The maximum atomic E-state index is 13.3. The Bertz CT molecular complexity index is 1340. The average Bonchev–Trinajstić information content (AvgIpc) is 3.26. The van der Waals surface area contributed by atoms with E-state index in [0.717, 1.165) is 16.3 Å². The van der Waals surface area contributed by atoms with Crippen LogP contribution in [0.4, 0.5) is 10.5 Å². The van der Waals surface area contributed by atoms with Gasteiger partial charge in [0.15, 0.2) is 11.5 Å². The van der Waals surface area contributed by atoms with Crippen LogP contribution in [0.25, 0.3) is 5.69 Å². The second kappa shape index (κ2) is 8.46. The molecule has 10 nitrogen and oxygen atoms in total. The van der Waals surface area contributed by atoms with Gasteiger partial charge in [0, 0.05) is 0 Å². The Morgan fingerprint density at radius 2 is 1.80 bits per heavy atom. The standard InChI is InChI=1S/C25H25N5O5/c1-15-22(16(2)30(28-15)18-7-5-4-6-8-18)26-21(31)14-29-23(32)25(3,27-24(29)33)17-9-10-19-20(13-17)35-12-11-34-19/h4-10,13H,11-12,14H2,1-3H3,(H,26,31)(H,27,33)/t25-/m1/s1. The van der Waals surface area contributed by atoms with Crippen LogP contribution >= 0.6 is 0 Å². The van der Waals surface area contributed by atoms with Crippen LogP contribution in [0.2, 0.25) is 0 Å². The quantitative estimate of drug-likeness (QED) is 0.549. The molecule has 2 aliphatic rings. The summed E-state index contributed by atoms with van der Waals surface area (Å²) in [5, 5.41) is 10.0. The SMILES string of the molecule is Cc1nn(-c2ccccc2)c(C)c1NC(=O)CN1C(=O)N[C@](C)(c2ccc3c(c2)OCCO3)C1=O. The van der Waals surface area contributed by atoms with Crippen molar-refractivity contribution in [3.8, 4) is 17.2 Å². The number of amides is 4. The number of rotatable bonds is 5. The number of hydrogen-bond acceptors (Lipinski definition) is 6. The van der Waals surface area contributed by atoms with Crippen molar-refractivity contribution >= 4 is 23.5 Å². The fourth-order valence-corrected chi connectivity index (χ4v) is 4.36. The normalized spacial score (nSPS) is 19.0. The number of anilines is 1. The molecule has 2 N–H and O–H groups in total. The van der Waals surface area contributed by atoms with Crippen LogP contribution in [0.15, 0.2) is 48.5 Å². The van der Waals surface area contributed by atoms with Gasteiger partial charge in [0.1, 0.15) is 25.3 Å². The molecule has 10 heteroatoms. The average molecular weight is 476 g/mol. The monoisotopic (exact) mass is 475 g/mol. The number of carbonyl (C=O) groups is 3. The Morgan fingerprint density at radius 3 is 2.54 bits per heavy atom. The number of benzene rings is 2. The highest BCUT2D eigenvalue weighted by Crippen LogP contribution is 2.37. The number of nitrogens with one attached hydrogen (secondary N) is 2. The molecule has 2 aromatic carbocycles. The number of hydrogen-bond donors (Lipinski definition) is 2. The van der Waals surface area contributed by atoms with Gasteiger partial charge in [0.25, 0.3) is 5.91 Å². The van der Waals surface area contributed by atoms with Gasteiger partial charge >= 0.3 is 6.03 Å². The van der Waals surface area contributed by atoms with Crippen molar-refractivity contribution in [3.63, 3.8) is 0 Å². The molecule has 0 aliphatic carbocycles. The second-order valence-corrected chi connectivity index (χ2v) is 8.65. The first kappa shape index (κ1) is 22.5. The van der Waals surface area contributed by atoms with Gasteiger partial charge in [0.05, 0.1) is 22.8 Å². The summed E-state index contributed by atoms with van der Waals surface area (Å²) in [7, 11) is 0. The van der Waals surface area contributed by atoms with E-state index in [1.54, 1.807) is 36.7 Å².